The maximum absolute atomic E-state index is 12.4. The minimum absolute atomic E-state index is 0.161. The Labute approximate surface area is 135 Å². The third-order valence-corrected chi connectivity index (χ3v) is 3.93. The Morgan fingerprint density at radius 3 is 2.43 bits per heavy atom. The molecule has 0 radical (unpaired) electrons. The van der Waals surface area contributed by atoms with Gasteiger partial charge in [-0.25, -0.2) is 4.79 Å². The van der Waals surface area contributed by atoms with Gasteiger partial charge in [-0.15, -0.1) is 0 Å². The first-order valence-electron chi connectivity index (χ1n) is 7.85. The van der Waals surface area contributed by atoms with E-state index in [4.69, 9.17) is 4.74 Å². The molecule has 0 saturated carbocycles. The van der Waals surface area contributed by atoms with Crippen molar-refractivity contribution >= 4 is 17.5 Å². The number of ketones is 1. The molecule has 2 aromatic rings. The average molecular weight is 306 g/mol. The maximum Gasteiger partial charge on any atom is 0.344 e. The lowest BCUT2D eigenvalue weighted by Crippen LogP contribution is -1.97. The summed E-state index contributed by atoms with van der Waals surface area (Å²) in [5.74, 6) is -0.244. The molecule has 0 saturated heterocycles. The van der Waals surface area contributed by atoms with Crippen molar-refractivity contribution in [2.75, 3.05) is 0 Å². The number of cyclic esters (lactones) is 1. The van der Waals surface area contributed by atoms with Gasteiger partial charge in [0.05, 0.1) is 5.56 Å². The second-order valence-electron chi connectivity index (χ2n) is 5.61. The number of ether oxygens (including phenoxy) is 1. The first-order chi connectivity index (χ1) is 11.2. The van der Waals surface area contributed by atoms with E-state index in [2.05, 4.69) is 6.92 Å². The molecule has 1 heterocycles. The lowest BCUT2D eigenvalue weighted by molar-refractivity contribution is 0.0715. The SMILES string of the molecule is CCCCc1ccc(C(=O)C=C2OC(=O)c3ccccc32)cc1. The van der Waals surface area contributed by atoms with Gasteiger partial charge >= 0.3 is 5.97 Å². The van der Waals surface area contributed by atoms with Crippen LogP contribution in [0.1, 0.15) is 51.6 Å². The molecule has 0 atom stereocenters. The van der Waals surface area contributed by atoms with E-state index in [1.54, 1.807) is 18.2 Å². The summed E-state index contributed by atoms with van der Waals surface area (Å²) >= 11 is 0. The Kier molecular flexibility index (Phi) is 4.38. The summed E-state index contributed by atoms with van der Waals surface area (Å²) in [5.41, 5.74) is 3.00. The molecule has 3 rings (SSSR count). The number of carbonyl (C=O) groups is 2. The second kappa shape index (κ2) is 6.61. The number of rotatable bonds is 5. The molecule has 0 fully saturated rings. The summed E-state index contributed by atoms with van der Waals surface area (Å²) in [7, 11) is 0. The molecule has 23 heavy (non-hydrogen) atoms. The standard InChI is InChI=1S/C20H18O3/c1-2-3-6-14-9-11-15(12-10-14)18(21)13-19-16-7-4-5-8-17(16)20(22)23-19/h4-5,7-13H,2-3,6H2,1H3. The number of esters is 1. The fourth-order valence-corrected chi connectivity index (χ4v) is 2.61. The zero-order valence-corrected chi connectivity index (χ0v) is 13.0. The normalized spacial score (nSPS) is 14.7. The van der Waals surface area contributed by atoms with E-state index in [-0.39, 0.29) is 5.78 Å². The quantitative estimate of drug-likeness (QED) is 0.466. The van der Waals surface area contributed by atoms with Crippen LogP contribution in [0.3, 0.4) is 0 Å². The molecule has 0 aliphatic carbocycles. The van der Waals surface area contributed by atoms with Gasteiger partial charge in [0.15, 0.2) is 5.78 Å². The number of hydrogen-bond acceptors (Lipinski definition) is 3. The van der Waals surface area contributed by atoms with Gasteiger partial charge in [-0.05, 0) is 24.5 Å². The molecule has 3 heteroatoms. The predicted octanol–water partition coefficient (Wildman–Crippen LogP) is 4.42. The molecule has 0 spiro atoms. The van der Waals surface area contributed by atoms with E-state index in [1.165, 1.54) is 11.6 Å². The number of hydrogen-bond donors (Lipinski definition) is 0. The monoisotopic (exact) mass is 306 g/mol. The van der Waals surface area contributed by atoms with Gasteiger partial charge in [0.1, 0.15) is 5.76 Å². The third kappa shape index (κ3) is 3.24. The van der Waals surface area contributed by atoms with Crippen LogP contribution in [0, 0.1) is 0 Å². The predicted molar refractivity (Wildman–Crippen MR) is 89.2 cm³/mol. The molecule has 0 amide bonds. The molecule has 1 aliphatic rings. The van der Waals surface area contributed by atoms with Crippen molar-refractivity contribution in [2.45, 2.75) is 26.2 Å². The van der Waals surface area contributed by atoms with Crippen molar-refractivity contribution in [1.82, 2.24) is 0 Å². The highest BCUT2D eigenvalue weighted by molar-refractivity contribution is 6.12. The Morgan fingerprint density at radius 1 is 1.04 bits per heavy atom. The van der Waals surface area contributed by atoms with Crippen LogP contribution < -0.4 is 0 Å². The van der Waals surface area contributed by atoms with E-state index >= 15 is 0 Å². The highest BCUT2D eigenvalue weighted by atomic mass is 16.5. The van der Waals surface area contributed by atoms with Crippen molar-refractivity contribution in [3.63, 3.8) is 0 Å². The Balaban J connectivity index is 1.81. The summed E-state index contributed by atoms with van der Waals surface area (Å²) < 4.78 is 5.20. The first-order valence-corrected chi connectivity index (χ1v) is 7.85. The molecule has 0 N–H and O–H groups in total. The molecule has 0 unspecified atom stereocenters. The number of allylic oxidation sites excluding steroid dienone is 1. The van der Waals surface area contributed by atoms with E-state index in [0.717, 1.165) is 19.3 Å². The van der Waals surface area contributed by atoms with Crippen molar-refractivity contribution in [2.24, 2.45) is 0 Å². The van der Waals surface area contributed by atoms with Crippen LogP contribution in [0.5, 0.6) is 0 Å². The lowest BCUT2D eigenvalue weighted by atomic mass is 10.0. The third-order valence-electron chi connectivity index (χ3n) is 3.93. The van der Waals surface area contributed by atoms with E-state index in [0.29, 0.717) is 22.4 Å². The number of benzene rings is 2. The molecule has 0 aromatic heterocycles. The zero-order valence-electron chi connectivity index (χ0n) is 13.0. The molecular formula is C20H18O3. The van der Waals surface area contributed by atoms with Crippen molar-refractivity contribution < 1.29 is 14.3 Å². The van der Waals surface area contributed by atoms with E-state index in [1.807, 2.05) is 30.3 Å². The van der Waals surface area contributed by atoms with Gasteiger partial charge in [0.25, 0.3) is 0 Å². The number of aryl methyl sites for hydroxylation is 1. The maximum atomic E-state index is 12.4. The Morgan fingerprint density at radius 2 is 1.74 bits per heavy atom. The molecule has 3 nitrogen and oxygen atoms in total. The number of carbonyl (C=O) groups excluding carboxylic acids is 2. The molecule has 1 aliphatic heterocycles. The lowest BCUT2D eigenvalue weighted by Gasteiger charge is -2.02. The Hall–Kier alpha value is -2.68. The van der Waals surface area contributed by atoms with Crippen LogP contribution >= 0.6 is 0 Å². The second-order valence-corrected chi connectivity index (χ2v) is 5.61. The minimum Gasteiger partial charge on any atom is -0.422 e. The van der Waals surface area contributed by atoms with Crippen molar-refractivity contribution in [3.8, 4) is 0 Å². The van der Waals surface area contributed by atoms with Crippen LogP contribution in [0.25, 0.3) is 5.76 Å². The zero-order chi connectivity index (χ0) is 16.2. The summed E-state index contributed by atoms with van der Waals surface area (Å²) in [6.07, 6.45) is 4.71. The van der Waals surface area contributed by atoms with Crippen LogP contribution in [0.2, 0.25) is 0 Å². The first kappa shape index (κ1) is 15.2. The topological polar surface area (TPSA) is 43.4 Å². The van der Waals surface area contributed by atoms with Crippen LogP contribution in [-0.2, 0) is 11.2 Å². The van der Waals surface area contributed by atoms with Crippen LogP contribution in [-0.4, -0.2) is 11.8 Å². The summed E-state index contributed by atoms with van der Waals surface area (Å²) in [4.78, 5) is 24.1. The number of fused-ring (bicyclic) bond motifs is 1. The van der Waals surface area contributed by atoms with Crippen LogP contribution in [0.4, 0.5) is 0 Å². The van der Waals surface area contributed by atoms with Crippen LogP contribution in [0.15, 0.2) is 54.6 Å². The van der Waals surface area contributed by atoms with Crippen molar-refractivity contribution in [3.05, 3.63) is 76.9 Å². The Bertz CT molecular complexity index is 770. The average Bonchev–Trinajstić information content (AvgIpc) is 2.90. The van der Waals surface area contributed by atoms with Gasteiger partial charge in [-0.1, -0.05) is 55.8 Å². The van der Waals surface area contributed by atoms with E-state index in [9.17, 15) is 9.59 Å². The van der Waals surface area contributed by atoms with Gasteiger partial charge in [0.2, 0.25) is 0 Å². The van der Waals surface area contributed by atoms with Gasteiger partial charge in [0, 0.05) is 17.2 Å². The minimum atomic E-state index is -0.408. The van der Waals surface area contributed by atoms with E-state index < -0.39 is 5.97 Å². The largest absolute Gasteiger partial charge is 0.422 e. The fraction of sp³-hybridized carbons (Fsp3) is 0.200. The fourth-order valence-electron chi connectivity index (χ4n) is 2.61. The molecule has 116 valence electrons. The smallest absolute Gasteiger partial charge is 0.344 e. The van der Waals surface area contributed by atoms with Gasteiger partial charge in [-0.3, -0.25) is 4.79 Å². The molecule has 2 aromatic carbocycles. The summed E-state index contributed by atoms with van der Waals surface area (Å²) in [6.45, 7) is 2.16. The highest BCUT2D eigenvalue weighted by Gasteiger charge is 2.26. The van der Waals surface area contributed by atoms with Crippen molar-refractivity contribution in [1.29, 1.82) is 0 Å². The van der Waals surface area contributed by atoms with Gasteiger partial charge < -0.3 is 4.74 Å². The summed E-state index contributed by atoms with van der Waals surface area (Å²) in [5, 5.41) is 0. The highest BCUT2D eigenvalue weighted by Crippen LogP contribution is 2.29. The number of unbranched alkanes of at least 4 members (excludes halogenated alkanes) is 1. The molecular weight excluding hydrogens is 288 g/mol. The summed E-state index contributed by atoms with van der Waals surface area (Å²) in [6, 6.07) is 14.7. The van der Waals surface area contributed by atoms with Gasteiger partial charge in [-0.2, -0.15) is 0 Å². The molecule has 0 bridgehead atoms.